The summed E-state index contributed by atoms with van der Waals surface area (Å²) in [7, 11) is -2.51. The number of likely N-dealkylation sites (N-methyl/N-ethyl adjacent to an activating group) is 1. The summed E-state index contributed by atoms with van der Waals surface area (Å²) in [5.41, 5.74) is 4.70. The standard InChI is InChI=1S/C27H35N3O2S2/c1-19-7-5-9-25-27(19)30(13-12-29(25)3)34(31,32)26-11-10-21(15-20(26)2)22-16-23-8-6-14-33(23,4)24(17-22)18-28/h5,7,9-11,15,22-24H,6,8,12-14,16-17H2,1-4H3. The molecule has 5 nitrogen and oxygen atoms in total. The molecule has 5 rings (SSSR count). The number of rotatable bonds is 3. The zero-order valence-corrected chi connectivity index (χ0v) is 22.3. The lowest BCUT2D eigenvalue weighted by molar-refractivity contribution is 0.539. The minimum atomic E-state index is -3.68. The quantitative estimate of drug-likeness (QED) is 0.576. The van der Waals surface area contributed by atoms with E-state index >= 15 is 0 Å². The van der Waals surface area contributed by atoms with Gasteiger partial charge in [0.1, 0.15) is 0 Å². The van der Waals surface area contributed by atoms with Crippen molar-refractivity contribution in [3.05, 3.63) is 53.1 Å². The first kappa shape index (κ1) is 23.6. The second kappa shape index (κ2) is 8.49. The Hall–Kier alpha value is -2.17. The fourth-order valence-electron chi connectivity index (χ4n) is 6.43. The molecule has 0 amide bonds. The number of nitriles is 1. The number of hydrogen-bond donors (Lipinski definition) is 0. The van der Waals surface area contributed by atoms with E-state index in [1.54, 1.807) is 4.31 Å². The molecule has 182 valence electrons. The van der Waals surface area contributed by atoms with E-state index in [4.69, 9.17) is 0 Å². The smallest absolute Gasteiger partial charge is 0.264 e. The molecule has 3 aliphatic rings. The molecule has 3 aliphatic heterocycles. The van der Waals surface area contributed by atoms with Crippen LogP contribution in [0.5, 0.6) is 0 Å². The van der Waals surface area contributed by atoms with Gasteiger partial charge in [0, 0.05) is 13.6 Å². The molecule has 0 spiro atoms. The second-order valence-corrected chi connectivity index (χ2v) is 16.4. The van der Waals surface area contributed by atoms with Gasteiger partial charge >= 0.3 is 0 Å². The molecule has 0 saturated carbocycles. The van der Waals surface area contributed by atoms with Crippen molar-refractivity contribution in [2.45, 2.75) is 60.8 Å². The average molecular weight is 498 g/mol. The fourth-order valence-corrected chi connectivity index (χ4v) is 12.3. The predicted molar refractivity (Wildman–Crippen MR) is 143 cm³/mol. The first-order chi connectivity index (χ1) is 16.2. The van der Waals surface area contributed by atoms with E-state index in [2.05, 4.69) is 23.3 Å². The number of sulfonamides is 1. The Kier molecular flexibility index (Phi) is 5.89. The largest absolute Gasteiger partial charge is 0.371 e. The minimum absolute atomic E-state index is 0.160. The molecule has 4 unspecified atom stereocenters. The highest BCUT2D eigenvalue weighted by Crippen LogP contribution is 2.66. The Morgan fingerprint density at radius 3 is 2.62 bits per heavy atom. The van der Waals surface area contributed by atoms with Gasteiger partial charge in [0.05, 0.1) is 34.1 Å². The normalized spacial score (nSPS) is 30.7. The Morgan fingerprint density at radius 2 is 1.88 bits per heavy atom. The highest BCUT2D eigenvalue weighted by Gasteiger charge is 2.46. The number of para-hydroxylation sites is 1. The molecule has 0 N–H and O–H groups in total. The van der Waals surface area contributed by atoms with Crippen LogP contribution in [0.1, 0.15) is 48.3 Å². The van der Waals surface area contributed by atoms with Gasteiger partial charge in [0.25, 0.3) is 10.0 Å². The molecule has 2 aromatic rings. The van der Waals surface area contributed by atoms with Crippen LogP contribution in [0.3, 0.4) is 0 Å². The summed E-state index contributed by atoms with van der Waals surface area (Å²) in [5.74, 6) is 1.58. The number of hydrogen-bond acceptors (Lipinski definition) is 4. The average Bonchev–Trinajstić information content (AvgIpc) is 3.20. The van der Waals surface area contributed by atoms with Gasteiger partial charge in [-0.2, -0.15) is 5.26 Å². The van der Waals surface area contributed by atoms with Crippen LogP contribution >= 0.6 is 10.0 Å². The molecular weight excluding hydrogens is 462 g/mol. The van der Waals surface area contributed by atoms with Crippen molar-refractivity contribution < 1.29 is 8.42 Å². The van der Waals surface area contributed by atoms with Crippen molar-refractivity contribution in [2.75, 3.05) is 41.4 Å². The molecular formula is C27H35N3O2S2. The fraction of sp³-hybridized carbons (Fsp3) is 0.519. The molecule has 2 saturated heterocycles. The molecule has 4 atom stereocenters. The van der Waals surface area contributed by atoms with E-state index in [0.29, 0.717) is 29.2 Å². The summed E-state index contributed by atoms with van der Waals surface area (Å²) in [4.78, 5) is 2.51. The van der Waals surface area contributed by atoms with E-state index in [0.717, 1.165) is 35.3 Å². The first-order valence-electron chi connectivity index (χ1n) is 12.2. The van der Waals surface area contributed by atoms with Crippen LogP contribution in [0, 0.1) is 25.2 Å². The lowest BCUT2D eigenvalue weighted by Gasteiger charge is -2.48. The van der Waals surface area contributed by atoms with Crippen LogP contribution in [0.15, 0.2) is 41.3 Å². The Morgan fingerprint density at radius 1 is 1.09 bits per heavy atom. The lowest BCUT2D eigenvalue weighted by atomic mass is 9.88. The SMILES string of the molecule is Cc1cc(C2CC(C#N)S3(C)CCCC3C2)ccc1S(=O)(=O)N1CCN(C)c2cccc(C)c21. The summed E-state index contributed by atoms with van der Waals surface area (Å²) in [6, 6.07) is 14.5. The molecule has 2 fully saturated rings. The molecule has 0 aromatic heterocycles. The van der Waals surface area contributed by atoms with Gasteiger partial charge < -0.3 is 4.90 Å². The van der Waals surface area contributed by atoms with Gasteiger partial charge in [0.2, 0.25) is 0 Å². The molecule has 0 bridgehead atoms. The zero-order chi connectivity index (χ0) is 24.3. The summed E-state index contributed by atoms with van der Waals surface area (Å²) >= 11 is 0. The Bertz CT molecular complexity index is 1270. The zero-order valence-electron chi connectivity index (χ0n) is 20.6. The van der Waals surface area contributed by atoms with Gasteiger partial charge in [-0.05, 0) is 91.5 Å². The van der Waals surface area contributed by atoms with Gasteiger partial charge in [-0.3, -0.25) is 4.31 Å². The third-order valence-electron chi connectivity index (χ3n) is 8.47. The van der Waals surface area contributed by atoms with Gasteiger partial charge in [-0.1, -0.05) is 24.3 Å². The van der Waals surface area contributed by atoms with E-state index in [1.807, 2.05) is 51.2 Å². The van der Waals surface area contributed by atoms with Crippen molar-refractivity contribution >= 4 is 31.4 Å². The summed E-state index contributed by atoms with van der Waals surface area (Å²) in [5, 5.41) is 10.8. The van der Waals surface area contributed by atoms with Crippen LogP contribution < -0.4 is 9.21 Å². The maximum absolute atomic E-state index is 13.9. The van der Waals surface area contributed by atoms with Crippen molar-refractivity contribution in [1.82, 2.24) is 0 Å². The summed E-state index contributed by atoms with van der Waals surface area (Å²) < 4.78 is 29.3. The van der Waals surface area contributed by atoms with E-state index in [1.165, 1.54) is 24.2 Å². The number of aryl methyl sites for hydroxylation is 2. The molecule has 34 heavy (non-hydrogen) atoms. The van der Waals surface area contributed by atoms with Crippen LogP contribution in [-0.4, -0.2) is 51.1 Å². The topological polar surface area (TPSA) is 64.4 Å². The number of benzene rings is 2. The van der Waals surface area contributed by atoms with Crippen LogP contribution in [0.2, 0.25) is 0 Å². The monoisotopic (exact) mass is 497 g/mol. The van der Waals surface area contributed by atoms with Crippen molar-refractivity contribution in [2.24, 2.45) is 0 Å². The number of anilines is 2. The Balaban J connectivity index is 1.47. The molecule has 3 heterocycles. The van der Waals surface area contributed by atoms with Crippen molar-refractivity contribution in [1.29, 1.82) is 5.26 Å². The Labute approximate surface area is 206 Å². The predicted octanol–water partition coefficient (Wildman–Crippen LogP) is 5.31. The van der Waals surface area contributed by atoms with Crippen LogP contribution in [-0.2, 0) is 10.0 Å². The van der Waals surface area contributed by atoms with E-state index < -0.39 is 20.1 Å². The van der Waals surface area contributed by atoms with Gasteiger partial charge in [0.15, 0.2) is 0 Å². The number of nitrogens with zero attached hydrogens (tertiary/aromatic N) is 3. The van der Waals surface area contributed by atoms with Gasteiger partial charge in [-0.15, -0.1) is 0 Å². The first-order valence-corrected chi connectivity index (χ1v) is 16.0. The molecule has 0 radical (unpaired) electrons. The molecule has 7 heteroatoms. The van der Waals surface area contributed by atoms with E-state index in [-0.39, 0.29) is 5.25 Å². The summed E-state index contributed by atoms with van der Waals surface area (Å²) in [6.07, 6.45) is 6.94. The molecule has 2 aromatic carbocycles. The van der Waals surface area contributed by atoms with Crippen LogP contribution in [0.4, 0.5) is 11.4 Å². The lowest BCUT2D eigenvalue weighted by Crippen LogP contribution is -2.43. The van der Waals surface area contributed by atoms with E-state index in [9.17, 15) is 13.7 Å². The van der Waals surface area contributed by atoms with Gasteiger partial charge in [-0.25, -0.2) is 18.4 Å². The maximum atomic E-state index is 13.9. The molecule has 0 aliphatic carbocycles. The minimum Gasteiger partial charge on any atom is -0.371 e. The van der Waals surface area contributed by atoms with Crippen LogP contribution in [0.25, 0.3) is 0 Å². The van der Waals surface area contributed by atoms with Crippen molar-refractivity contribution in [3.8, 4) is 6.07 Å². The third kappa shape index (κ3) is 3.61. The second-order valence-electron chi connectivity index (χ2n) is 10.5. The third-order valence-corrected chi connectivity index (χ3v) is 15.1. The highest BCUT2D eigenvalue weighted by molar-refractivity contribution is 8.34. The number of fused-ring (bicyclic) bond motifs is 2. The summed E-state index contributed by atoms with van der Waals surface area (Å²) in [6.45, 7) is 4.99. The van der Waals surface area contributed by atoms with Crippen molar-refractivity contribution in [3.63, 3.8) is 0 Å². The maximum Gasteiger partial charge on any atom is 0.264 e. The highest BCUT2D eigenvalue weighted by atomic mass is 32.3.